The number of hydrogen-bond acceptors (Lipinski definition) is 5. The second-order valence-electron chi connectivity index (χ2n) is 2.90. The lowest BCUT2D eigenvalue weighted by Gasteiger charge is -2.12. The van der Waals surface area contributed by atoms with E-state index in [1.54, 1.807) is 12.1 Å². The fourth-order valence-electron chi connectivity index (χ4n) is 1.35. The number of ketones is 1. The van der Waals surface area contributed by atoms with E-state index in [4.69, 9.17) is 15.9 Å². The smallest absolute Gasteiger partial charge is 0.312 e. The van der Waals surface area contributed by atoms with E-state index in [1.165, 1.54) is 6.07 Å². The molecule has 0 aromatic heterocycles. The van der Waals surface area contributed by atoms with Gasteiger partial charge in [-0.2, -0.15) is 0 Å². The number of aliphatic hydroxyl groups is 2. The van der Waals surface area contributed by atoms with Crippen LogP contribution in [0.3, 0.4) is 0 Å². The van der Waals surface area contributed by atoms with Crippen LogP contribution in [0.5, 0.6) is 0 Å². The molecule has 0 saturated carbocycles. The molecule has 5 N–H and O–H groups in total. The van der Waals surface area contributed by atoms with Gasteiger partial charge in [0, 0.05) is 5.69 Å². The van der Waals surface area contributed by atoms with Crippen LogP contribution in [0.15, 0.2) is 18.2 Å². The summed E-state index contributed by atoms with van der Waals surface area (Å²) in [5.74, 6) is -3.33. The predicted molar refractivity (Wildman–Crippen MR) is 46.0 cm³/mol. The van der Waals surface area contributed by atoms with Gasteiger partial charge in [0.05, 0.1) is 11.3 Å². The van der Waals surface area contributed by atoms with Crippen molar-refractivity contribution in [3.05, 3.63) is 23.8 Å². The first kappa shape index (κ1) is 8.03. The summed E-state index contributed by atoms with van der Waals surface area (Å²) in [4.78, 5) is 11.3. The molecule has 0 radical (unpaired) electrons. The first-order valence-electron chi connectivity index (χ1n) is 3.68. The summed E-state index contributed by atoms with van der Waals surface area (Å²) in [6.07, 6.45) is 0. The van der Waals surface area contributed by atoms with Gasteiger partial charge in [-0.1, -0.05) is 6.07 Å². The van der Waals surface area contributed by atoms with Crippen molar-refractivity contribution in [3.63, 3.8) is 0 Å². The molecule has 0 atom stereocenters. The number of nitrogen functional groups attached to an aromatic ring is 1. The molecule has 5 heteroatoms. The Hall–Kier alpha value is -1.59. The van der Waals surface area contributed by atoms with Crippen molar-refractivity contribution >= 4 is 17.2 Å². The van der Waals surface area contributed by atoms with Crippen LogP contribution >= 0.6 is 0 Å². The van der Waals surface area contributed by atoms with E-state index in [0.717, 1.165) is 0 Å². The highest BCUT2D eigenvalue weighted by Gasteiger charge is 2.43. The Balaban J connectivity index is 2.64. The van der Waals surface area contributed by atoms with Gasteiger partial charge in [-0.15, -0.1) is 0 Å². The minimum absolute atomic E-state index is 0.132. The highest BCUT2D eigenvalue weighted by molar-refractivity contribution is 6.14. The van der Waals surface area contributed by atoms with E-state index in [1.807, 2.05) is 0 Å². The van der Waals surface area contributed by atoms with Gasteiger partial charge in [0.25, 0.3) is 0 Å². The monoisotopic (exact) mass is 180 g/mol. The maximum absolute atomic E-state index is 11.3. The number of nitrogens with two attached hydrogens (primary N) is 1. The molecule has 13 heavy (non-hydrogen) atoms. The van der Waals surface area contributed by atoms with Gasteiger partial charge in [-0.3, -0.25) is 4.79 Å². The summed E-state index contributed by atoms with van der Waals surface area (Å²) in [5, 5.41) is 20.5. The molecule has 1 aliphatic rings. The number of carbonyl (C=O) groups is 1. The molecule has 5 nitrogen and oxygen atoms in total. The minimum atomic E-state index is -2.52. The van der Waals surface area contributed by atoms with Crippen LogP contribution in [0.4, 0.5) is 11.4 Å². The lowest BCUT2D eigenvalue weighted by molar-refractivity contribution is -0.0946. The maximum Gasteiger partial charge on any atom is 0.312 e. The summed E-state index contributed by atoms with van der Waals surface area (Å²) in [5.41, 5.74) is 6.21. The topological polar surface area (TPSA) is 95.6 Å². The number of fused-ring (bicyclic) bond motifs is 1. The van der Waals surface area contributed by atoms with Gasteiger partial charge in [0.1, 0.15) is 0 Å². The normalized spacial score (nSPS) is 18.2. The van der Waals surface area contributed by atoms with Crippen molar-refractivity contribution in [2.75, 3.05) is 11.1 Å². The molecule has 1 aliphatic heterocycles. The summed E-state index contributed by atoms with van der Waals surface area (Å²) in [6.45, 7) is 0. The molecular weight excluding hydrogens is 172 g/mol. The number of Topliss-reactive ketones (excluding diaryl/α,β-unsaturated/α-hetero) is 1. The first-order valence-corrected chi connectivity index (χ1v) is 3.68. The highest BCUT2D eigenvalue weighted by atomic mass is 16.5. The molecule has 1 aromatic carbocycles. The van der Waals surface area contributed by atoms with Gasteiger partial charge < -0.3 is 21.3 Å². The summed E-state index contributed by atoms with van der Waals surface area (Å²) >= 11 is 0. The maximum atomic E-state index is 11.3. The standard InChI is InChI=1S/C8H8N2O3/c9-4-2-1-3-5-6(4)7(11)8(12,13)10-5/h1-3,10,12-13H,9H2. The van der Waals surface area contributed by atoms with E-state index in [0.29, 0.717) is 5.69 Å². The number of benzene rings is 1. The summed E-state index contributed by atoms with van der Waals surface area (Å²) in [7, 11) is 0. The van der Waals surface area contributed by atoms with E-state index < -0.39 is 11.7 Å². The number of anilines is 2. The Kier molecular flexibility index (Phi) is 1.37. The van der Waals surface area contributed by atoms with E-state index in [-0.39, 0.29) is 11.3 Å². The lowest BCUT2D eigenvalue weighted by Crippen LogP contribution is -2.40. The molecule has 68 valence electrons. The Morgan fingerprint density at radius 1 is 1.38 bits per heavy atom. The van der Waals surface area contributed by atoms with Crippen molar-refractivity contribution in [2.24, 2.45) is 0 Å². The van der Waals surface area contributed by atoms with Crippen molar-refractivity contribution in [1.82, 2.24) is 0 Å². The Morgan fingerprint density at radius 3 is 2.69 bits per heavy atom. The summed E-state index contributed by atoms with van der Waals surface area (Å²) < 4.78 is 0. The Labute approximate surface area is 73.8 Å². The van der Waals surface area contributed by atoms with Crippen LogP contribution in [0, 0.1) is 0 Å². The van der Waals surface area contributed by atoms with Crippen LogP contribution in [-0.4, -0.2) is 21.9 Å². The molecular formula is C8H8N2O3. The molecule has 0 spiro atoms. The quantitative estimate of drug-likeness (QED) is 0.319. The van der Waals surface area contributed by atoms with Crippen LogP contribution < -0.4 is 11.1 Å². The van der Waals surface area contributed by atoms with E-state index in [9.17, 15) is 4.79 Å². The van der Waals surface area contributed by atoms with Crippen molar-refractivity contribution in [2.45, 2.75) is 5.91 Å². The SMILES string of the molecule is Nc1cccc2c1C(=O)C(O)(O)N2. The molecule has 0 aliphatic carbocycles. The van der Waals surface area contributed by atoms with Gasteiger partial charge in [0.2, 0.25) is 5.78 Å². The number of carbonyl (C=O) groups excluding carboxylic acids is 1. The van der Waals surface area contributed by atoms with Crippen molar-refractivity contribution < 1.29 is 15.0 Å². The van der Waals surface area contributed by atoms with Gasteiger partial charge in [0.15, 0.2) is 0 Å². The largest absolute Gasteiger partial charge is 0.398 e. The van der Waals surface area contributed by atoms with E-state index >= 15 is 0 Å². The number of hydrogen-bond donors (Lipinski definition) is 4. The van der Waals surface area contributed by atoms with Gasteiger partial charge >= 0.3 is 5.91 Å². The molecule has 0 saturated heterocycles. The molecule has 2 rings (SSSR count). The Morgan fingerprint density at radius 2 is 2.08 bits per heavy atom. The fourth-order valence-corrected chi connectivity index (χ4v) is 1.35. The third-order valence-corrected chi connectivity index (χ3v) is 1.95. The molecule has 0 fully saturated rings. The second kappa shape index (κ2) is 2.21. The van der Waals surface area contributed by atoms with Crippen LogP contribution in [0.25, 0.3) is 0 Å². The lowest BCUT2D eigenvalue weighted by atomic mass is 10.1. The van der Waals surface area contributed by atoms with Crippen LogP contribution in [-0.2, 0) is 0 Å². The first-order chi connectivity index (χ1) is 6.02. The zero-order valence-electron chi connectivity index (χ0n) is 6.61. The van der Waals surface area contributed by atoms with Crippen molar-refractivity contribution in [3.8, 4) is 0 Å². The molecule has 0 unspecified atom stereocenters. The zero-order valence-corrected chi connectivity index (χ0v) is 6.61. The zero-order chi connectivity index (χ0) is 9.64. The van der Waals surface area contributed by atoms with Crippen LogP contribution in [0.2, 0.25) is 0 Å². The Bertz CT molecular complexity index is 387. The number of nitrogens with one attached hydrogen (secondary N) is 1. The third kappa shape index (κ3) is 0.980. The van der Waals surface area contributed by atoms with Gasteiger partial charge in [-0.25, -0.2) is 0 Å². The van der Waals surface area contributed by atoms with Crippen molar-refractivity contribution in [1.29, 1.82) is 0 Å². The average molecular weight is 180 g/mol. The molecule has 1 aromatic rings. The highest BCUT2D eigenvalue weighted by Crippen LogP contribution is 2.33. The number of rotatable bonds is 0. The second-order valence-corrected chi connectivity index (χ2v) is 2.90. The molecule has 0 bridgehead atoms. The molecule has 1 heterocycles. The third-order valence-electron chi connectivity index (χ3n) is 1.95. The van der Waals surface area contributed by atoms with Gasteiger partial charge in [-0.05, 0) is 12.1 Å². The predicted octanol–water partition coefficient (Wildman–Crippen LogP) is -0.485. The summed E-state index contributed by atoms with van der Waals surface area (Å²) in [6, 6.07) is 4.70. The van der Waals surface area contributed by atoms with E-state index in [2.05, 4.69) is 5.32 Å². The fraction of sp³-hybridized carbons (Fsp3) is 0.125. The average Bonchev–Trinajstić information content (AvgIpc) is 2.24. The molecule has 0 amide bonds. The van der Waals surface area contributed by atoms with Crippen LogP contribution in [0.1, 0.15) is 10.4 Å². The minimum Gasteiger partial charge on any atom is -0.398 e.